The normalized spacial score (nSPS) is 15.1. The third-order valence-electron chi connectivity index (χ3n) is 5.45. The summed E-state index contributed by atoms with van der Waals surface area (Å²) in [5.74, 6) is -1.62. The van der Waals surface area contributed by atoms with E-state index in [0.717, 1.165) is 35.3 Å². The Morgan fingerprint density at radius 1 is 1.00 bits per heavy atom. The minimum absolute atomic E-state index is 0.0906. The third-order valence-corrected chi connectivity index (χ3v) is 5.45. The number of carboxylic acid groups (broad SMARTS) is 1. The number of nitrogens with two attached hydrogens (primary N) is 2. The average Bonchev–Trinajstić information content (AvgIpc) is 3.69. The van der Waals surface area contributed by atoms with Gasteiger partial charge in [0.1, 0.15) is 18.8 Å². The summed E-state index contributed by atoms with van der Waals surface area (Å²) in [6.07, 6.45) is 1.04. The van der Waals surface area contributed by atoms with E-state index in [2.05, 4.69) is 0 Å². The van der Waals surface area contributed by atoms with E-state index < -0.39 is 36.2 Å². The van der Waals surface area contributed by atoms with Crippen LogP contribution >= 0.6 is 0 Å². The Kier molecular flexibility index (Phi) is 11.4. The fraction of sp³-hybridized carbons (Fsp3) is 0.423. The highest BCUT2D eigenvalue weighted by molar-refractivity contribution is 5.95. The molecule has 35 heavy (non-hydrogen) atoms. The lowest BCUT2D eigenvalue weighted by Crippen LogP contribution is -2.51. The zero-order valence-electron chi connectivity index (χ0n) is 20.0. The molecule has 2 aromatic rings. The summed E-state index contributed by atoms with van der Waals surface area (Å²) in [4.78, 5) is 36.1. The molecule has 3 atom stereocenters. The Morgan fingerprint density at radius 3 is 2.03 bits per heavy atom. The summed E-state index contributed by atoms with van der Waals surface area (Å²) >= 11 is 0. The van der Waals surface area contributed by atoms with E-state index in [1.807, 2.05) is 67.6 Å². The van der Waals surface area contributed by atoms with Crippen LogP contribution in [-0.4, -0.2) is 57.3 Å². The van der Waals surface area contributed by atoms with Crippen molar-refractivity contribution in [1.29, 1.82) is 0 Å². The summed E-state index contributed by atoms with van der Waals surface area (Å²) in [7, 11) is 0. The molecule has 9 heteroatoms. The van der Waals surface area contributed by atoms with Crippen LogP contribution in [0, 0.1) is 0 Å². The first kappa shape index (κ1) is 28.0. The minimum atomic E-state index is -1.38. The van der Waals surface area contributed by atoms with Crippen molar-refractivity contribution in [3.8, 4) is 0 Å². The molecule has 0 saturated heterocycles. The Bertz CT molecular complexity index is 937. The van der Waals surface area contributed by atoms with E-state index in [1.165, 1.54) is 0 Å². The highest BCUT2D eigenvalue weighted by Crippen LogP contribution is 2.28. The number of amides is 2. The monoisotopic (exact) mass is 485 g/mol. The zero-order chi connectivity index (χ0) is 25.8. The number of benzene rings is 2. The molecule has 1 fully saturated rings. The van der Waals surface area contributed by atoms with Crippen LogP contribution in [0.15, 0.2) is 60.7 Å². The van der Waals surface area contributed by atoms with E-state index in [1.54, 1.807) is 0 Å². The van der Waals surface area contributed by atoms with Crippen LogP contribution in [0.1, 0.15) is 43.7 Å². The first-order valence-electron chi connectivity index (χ1n) is 11.7. The number of ether oxygens (including phenoxy) is 1. The van der Waals surface area contributed by atoms with Crippen LogP contribution in [0.25, 0.3) is 0 Å². The van der Waals surface area contributed by atoms with Crippen molar-refractivity contribution in [2.75, 3.05) is 0 Å². The Balaban J connectivity index is 0.000000303. The number of carbonyl (C=O) groups is 3. The number of aliphatic carboxylic acids is 1. The molecule has 0 spiro atoms. The SMILES string of the molecule is CCC[C@H](N)[C@H](O)C(=O)N(C(=O)OCc1ccccc1)C1CC1.N[C@@H](Cc1ccccc1)C(=O)O. The number of hydrogen-bond donors (Lipinski definition) is 4. The number of hydrogen-bond acceptors (Lipinski definition) is 7. The Morgan fingerprint density at radius 2 is 1.54 bits per heavy atom. The van der Waals surface area contributed by atoms with Crippen LogP contribution in [0.5, 0.6) is 0 Å². The molecular weight excluding hydrogens is 450 g/mol. The van der Waals surface area contributed by atoms with Gasteiger partial charge in [-0.05, 0) is 36.8 Å². The lowest BCUT2D eigenvalue weighted by atomic mass is 10.1. The van der Waals surface area contributed by atoms with Crippen LogP contribution in [0.3, 0.4) is 0 Å². The van der Waals surface area contributed by atoms with Crippen molar-refractivity contribution in [1.82, 2.24) is 4.90 Å². The van der Waals surface area contributed by atoms with E-state index >= 15 is 0 Å². The quantitative estimate of drug-likeness (QED) is 0.400. The second kappa shape index (κ2) is 14.2. The number of nitrogens with zero attached hydrogens (tertiary/aromatic N) is 1. The van der Waals surface area contributed by atoms with E-state index in [9.17, 15) is 19.5 Å². The Hall–Kier alpha value is -3.27. The van der Waals surface area contributed by atoms with Crippen LogP contribution in [-0.2, 0) is 27.4 Å². The number of carbonyl (C=O) groups excluding carboxylic acids is 2. The fourth-order valence-corrected chi connectivity index (χ4v) is 3.31. The van der Waals surface area contributed by atoms with Gasteiger partial charge >= 0.3 is 12.1 Å². The molecule has 1 aliphatic carbocycles. The van der Waals surface area contributed by atoms with E-state index in [0.29, 0.717) is 12.8 Å². The maximum atomic E-state index is 12.4. The van der Waals surface area contributed by atoms with Gasteiger partial charge in [-0.2, -0.15) is 0 Å². The number of imide groups is 1. The molecule has 9 nitrogen and oxygen atoms in total. The number of rotatable bonds is 10. The van der Waals surface area contributed by atoms with Crippen molar-refractivity contribution in [3.63, 3.8) is 0 Å². The van der Waals surface area contributed by atoms with Crippen LogP contribution in [0.2, 0.25) is 0 Å². The second-order valence-corrected chi connectivity index (χ2v) is 8.51. The van der Waals surface area contributed by atoms with E-state index in [-0.39, 0.29) is 12.6 Å². The van der Waals surface area contributed by atoms with Gasteiger partial charge in [0.15, 0.2) is 0 Å². The maximum absolute atomic E-state index is 12.4. The number of carboxylic acids is 1. The smallest absolute Gasteiger partial charge is 0.417 e. The minimum Gasteiger partial charge on any atom is -0.480 e. The summed E-state index contributed by atoms with van der Waals surface area (Å²) in [5.41, 5.74) is 12.9. The van der Waals surface area contributed by atoms with E-state index in [4.69, 9.17) is 21.3 Å². The van der Waals surface area contributed by atoms with Crippen molar-refractivity contribution in [2.24, 2.45) is 11.5 Å². The molecule has 2 amide bonds. The van der Waals surface area contributed by atoms with Gasteiger partial charge in [-0.25, -0.2) is 9.69 Å². The van der Waals surface area contributed by atoms with Crippen LogP contribution < -0.4 is 11.5 Å². The van der Waals surface area contributed by atoms with Gasteiger partial charge < -0.3 is 26.4 Å². The first-order chi connectivity index (χ1) is 16.7. The number of aliphatic hydroxyl groups excluding tert-OH is 1. The lowest BCUT2D eigenvalue weighted by Gasteiger charge is -2.25. The predicted octanol–water partition coefficient (Wildman–Crippen LogP) is 2.44. The molecule has 0 radical (unpaired) electrons. The highest BCUT2D eigenvalue weighted by atomic mass is 16.6. The second-order valence-electron chi connectivity index (χ2n) is 8.51. The van der Waals surface area contributed by atoms with Gasteiger partial charge in [-0.1, -0.05) is 74.0 Å². The highest BCUT2D eigenvalue weighted by Gasteiger charge is 2.41. The molecule has 1 aliphatic rings. The van der Waals surface area contributed by atoms with Crippen molar-refractivity contribution in [2.45, 2.75) is 69.9 Å². The predicted molar refractivity (Wildman–Crippen MR) is 131 cm³/mol. The van der Waals surface area contributed by atoms with Gasteiger partial charge in [0.05, 0.1) is 0 Å². The van der Waals surface area contributed by atoms with Crippen molar-refractivity contribution >= 4 is 18.0 Å². The Labute approximate surface area is 205 Å². The summed E-state index contributed by atoms with van der Waals surface area (Å²) in [5, 5.41) is 18.6. The van der Waals surface area contributed by atoms with Crippen molar-refractivity contribution in [3.05, 3.63) is 71.8 Å². The topological polar surface area (TPSA) is 156 Å². The van der Waals surface area contributed by atoms with Gasteiger partial charge in [-0.3, -0.25) is 9.59 Å². The van der Waals surface area contributed by atoms with Crippen LogP contribution in [0.4, 0.5) is 4.79 Å². The van der Waals surface area contributed by atoms with Gasteiger partial charge in [0.25, 0.3) is 5.91 Å². The summed E-state index contributed by atoms with van der Waals surface area (Å²) in [6.45, 7) is 2.01. The number of aliphatic hydroxyl groups is 1. The largest absolute Gasteiger partial charge is 0.480 e. The molecule has 0 aromatic heterocycles. The molecular formula is C26H35N3O6. The third kappa shape index (κ3) is 9.48. The first-order valence-corrected chi connectivity index (χ1v) is 11.7. The maximum Gasteiger partial charge on any atom is 0.417 e. The van der Waals surface area contributed by atoms with Gasteiger partial charge in [0, 0.05) is 12.1 Å². The standard InChI is InChI=1S/C17H24N2O4.C9H11NO2/c1-2-6-14(18)15(20)16(21)19(13-9-10-13)17(22)23-11-12-7-4-3-5-8-12;10-8(9(11)12)6-7-4-2-1-3-5-7/h3-5,7-8,13-15,20H,2,6,9-11,18H2,1H3;1-5,8H,6,10H2,(H,11,12)/t14-,15-;8-/m00/s1. The molecule has 0 bridgehead atoms. The zero-order valence-corrected chi connectivity index (χ0v) is 20.0. The lowest BCUT2D eigenvalue weighted by molar-refractivity contribution is -0.140. The molecule has 0 aliphatic heterocycles. The summed E-state index contributed by atoms with van der Waals surface area (Å²) < 4.78 is 5.22. The molecule has 0 unspecified atom stereocenters. The molecule has 190 valence electrons. The van der Waals surface area contributed by atoms with Gasteiger partial charge in [0.2, 0.25) is 0 Å². The average molecular weight is 486 g/mol. The molecule has 1 saturated carbocycles. The van der Waals surface area contributed by atoms with Gasteiger partial charge in [-0.15, -0.1) is 0 Å². The van der Waals surface area contributed by atoms with Crippen molar-refractivity contribution < 1.29 is 29.3 Å². The molecule has 2 aromatic carbocycles. The molecule has 3 rings (SSSR count). The molecule has 6 N–H and O–H groups in total. The fourth-order valence-electron chi connectivity index (χ4n) is 3.31. The summed E-state index contributed by atoms with van der Waals surface area (Å²) in [6, 6.07) is 16.9. The molecule has 0 heterocycles.